The Balaban J connectivity index is 1.39. The molecule has 0 aliphatic carbocycles. The molecule has 0 aromatic heterocycles. The summed E-state index contributed by atoms with van der Waals surface area (Å²) >= 11 is 0. The molecule has 0 bridgehead atoms. The molecule has 0 N–H and O–H groups in total. The van der Waals surface area contributed by atoms with Crippen LogP contribution in [-0.4, -0.2) is 30.6 Å². The molecule has 0 heterocycles. The molecule has 3 aromatic carbocycles. The number of ether oxygens (including phenoxy) is 3. The fraction of sp³-hybridized carbons (Fsp3) is 0.488. The summed E-state index contributed by atoms with van der Waals surface area (Å²) < 4.78 is 16.0. The molecule has 0 aliphatic heterocycles. The number of carbonyl (C=O) groups is 3. The van der Waals surface area contributed by atoms with Crippen molar-refractivity contribution in [3.05, 3.63) is 89.5 Å². The first kappa shape index (κ1) is 37.5. The summed E-state index contributed by atoms with van der Waals surface area (Å²) in [5.41, 5.74) is 4.16. The van der Waals surface area contributed by atoms with Crippen molar-refractivity contribution < 1.29 is 28.6 Å². The molecule has 6 nitrogen and oxygen atoms in total. The minimum absolute atomic E-state index is 0.244. The molecule has 0 saturated heterocycles. The summed E-state index contributed by atoms with van der Waals surface area (Å²) in [6, 6.07) is 22.1. The number of hydrogen-bond acceptors (Lipinski definition) is 6. The zero-order valence-corrected chi connectivity index (χ0v) is 28.8. The van der Waals surface area contributed by atoms with Crippen molar-refractivity contribution in [3.63, 3.8) is 0 Å². The average Bonchev–Trinajstić information content (AvgIpc) is 3.09. The maximum absolute atomic E-state index is 12.8. The maximum atomic E-state index is 12.8. The summed E-state index contributed by atoms with van der Waals surface area (Å²) in [6.07, 6.45) is 17.2. The fourth-order valence-electron chi connectivity index (χ4n) is 5.40. The van der Waals surface area contributed by atoms with Gasteiger partial charge in [-0.1, -0.05) is 127 Å². The number of carbonyl (C=O) groups excluding carboxylic acids is 3. The van der Waals surface area contributed by atoms with Crippen LogP contribution in [0, 0.1) is 0 Å². The van der Waals surface area contributed by atoms with Gasteiger partial charge in [-0.05, 0) is 79.3 Å². The van der Waals surface area contributed by atoms with Gasteiger partial charge >= 0.3 is 17.9 Å². The van der Waals surface area contributed by atoms with Crippen LogP contribution in [0.2, 0.25) is 0 Å². The van der Waals surface area contributed by atoms with E-state index in [1.165, 1.54) is 107 Å². The van der Waals surface area contributed by atoms with E-state index in [1.54, 1.807) is 12.1 Å². The van der Waals surface area contributed by atoms with Gasteiger partial charge < -0.3 is 14.2 Å². The lowest BCUT2D eigenvalue weighted by atomic mass is 10.00. The standard InChI is InChI=1S/C41H54O6/c1-4-6-8-10-12-13-14-16-18-33-19-21-34(22-20-33)35-23-25-36(26-24-35)41(44)47-38-29-27-37(28-30-38)40(43)46-32(3)39(42)45-31-17-15-11-9-7-5-2/h19-30,32H,4-18,31H2,1-3H3/t32-/m0/s1. The van der Waals surface area contributed by atoms with Crippen molar-refractivity contribution >= 4 is 17.9 Å². The molecule has 6 heteroatoms. The van der Waals surface area contributed by atoms with Gasteiger partial charge in [-0.25, -0.2) is 14.4 Å². The third-order valence-corrected chi connectivity index (χ3v) is 8.39. The Bertz CT molecular complexity index is 1330. The molecule has 3 rings (SSSR count). The summed E-state index contributed by atoms with van der Waals surface area (Å²) in [6.45, 7) is 6.25. The number of benzene rings is 3. The zero-order chi connectivity index (χ0) is 33.7. The van der Waals surface area contributed by atoms with Crippen molar-refractivity contribution in [2.75, 3.05) is 6.61 Å². The average molecular weight is 643 g/mol. The van der Waals surface area contributed by atoms with E-state index in [4.69, 9.17) is 14.2 Å². The smallest absolute Gasteiger partial charge is 0.347 e. The van der Waals surface area contributed by atoms with E-state index in [2.05, 4.69) is 38.1 Å². The van der Waals surface area contributed by atoms with E-state index in [0.717, 1.165) is 36.8 Å². The van der Waals surface area contributed by atoms with E-state index in [1.807, 2.05) is 12.1 Å². The molecule has 0 amide bonds. The Kier molecular flexibility index (Phi) is 17.4. The largest absolute Gasteiger partial charge is 0.463 e. The van der Waals surface area contributed by atoms with Crippen LogP contribution in [0.15, 0.2) is 72.8 Å². The van der Waals surface area contributed by atoms with Gasteiger partial charge in [-0.2, -0.15) is 0 Å². The second-order valence-corrected chi connectivity index (χ2v) is 12.4. The molecule has 0 spiro atoms. The van der Waals surface area contributed by atoms with Crippen LogP contribution in [0.1, 0.15) is 137 Å². The van der Waals surface area contributed by atoms with Gasteiger partial charge in [0.25, 0.3) is 0 Å². The van der Waals surface area contributed by atoms with Gasteiger partial charge in [0.05, 0.1) is 17.7 Å². The first-order valence-corrected chi connectivity index (χ1v) is 17.8. The number of hydrogen-bond donors (Lipinski definition) is 0. The molecule has 0 unspecified atom stereocenters. The zero-order valence-electron chi connectivity index (χ0n) is 28.8. The second kappa shape index (κ2) is 21.8. The molecular formula is C41H54O6. The van der Waals surface area contributed by atoms with Gasteiger partial charge in [0.15, 0.2) is 6.10 Å². The lowest BCUT2D eigenvalue weighted by Gasteiger charge is -2.13. The third-order valence-electron chi connectivity index (χ3n) is 8.39. The summed E-state index contributed by atoms with van der Waals surface area (Å²) in [4.78, 5) is 37.5. The maximum Gasteiger partial charge on any atom is 0.347 e. The number of aryl methyl sites for hydroxylation is 1. The molecule has 0 aliphatic rings. The highest BCUT2D eigenvalue weighted by Gasteiger charge is 2.20. The minimum atomic E-state index is -1.01. The molecule has 0 fully saturated rings. The summed E-state index contributed by atoms with van der Waals surface area (Å²) in [5, 5.41) is 0. The summed E-state index contributed by atoms with van der Waals surface area (Å²) in [5.74, 6) is -1.40. The minimum Gasteiger partial charge on any atom is -0.463 e. The van der Waals surface area contributed by atoms with Crippen LogP contribution in [0.3, 0.4) is 0 Å². The van der Waals surface area contributed by atoms with Crippen molar-refractivity contribution in [2.45, 2.75) is 123 Å². The van der Waals surface area contributed by atoms with Crippen LogP contribution < -0.4 is 4.74 Å². The van der Waals surface area contributed by atoms with E-state index in [9.17, 15) is 14.4 Å². The van der Waals surface area contributed by atoms with Gasteiger partial charge in [0.2, 0.25) is 0 Å². The third kappa shape index (κ3) is 14.2. The molecule has 254 valence electrons. The van der Waals surface area contributed by atoms with Gasteiger partial charge in [0, 0.05) is 0 Å². The molecular weight excluding hydrogens is 588 g/mol. The SMILES string of the molecule is CCCCCCCCCCc1ccc(-c2ccc(C(=O)Oc3ccc(C(=O)O[C@@H](C)C(=O)OCCCCCCCC)cc3)cc2)cc1. The normalized spacial score (nSPS) is 11.6. The predicted molar refractivity (Wildman–Crippen MR) is 189 cm³/mol. The first-order valence-electron chi connectivity index (χ1n) is 17.8. The van der Waals surface area contributed by atoms with Gasteiger partial charge in [-0.15, -0.1) is 0 Å². The second-order valence-electron chi connectivity index (χ2n) is 12.4. The van der Waals surface area contributed by atoms with E-state index < -0.39 is 24.0 Å². The molecule has 0 saturated carbocycles. The molecule has 3 aromatic rings. The van der Waals surface area contributed by atoms with Gasteiger partial charge in [-0.3, -0.25) is 0 Å². The van der Waals surface area contributed by atoms with Crippen molar-refractivity contribution in [2.24, 2.45) is 0 Å². The monoisotopic (exact) mass is 642 g/mol. The Hall–Kier alpha value is -3.93. The van der Waals surface area contributed by atoms with Crippen molar-refractivity contribution in [1.29, 1.82) is 0 Å². The van der Waals surface area contributed by atoms with Crippen LogP contribution in [-0.2, 0) is 20.7 Å². The van der Waals surface area contributed by atoms with Gasteiger partial charge in [0.1, 0.15) is 5.75 Å². The first-order chi connectivity index (χ1) is 22.9. The van der Waals surface area contributed by atoms with Crippen LogP contribution in [0.25, 0.3) is 11.1 Å². The highest BCUT2D eigenvalue weighted by atomic mass is 16.6. The fourth-order valence-corrected chi connectivity index (χ4v) is 5.40. The van der Waals surface area contributed by atoms with Crippen molar-refractivity contribution in [1.82, 2.24) is 0 Å². The van der Waals surface area contributed by atoms with Crippen LogP contribution >= 0.6 is 0 Å². The quantitative estimate of drug-likeness (QED) is 0.0616. The highest BCUT2D eigenvalue weighted by Crippen LogP contribution is 2.23. The van der Waals surface area contributed by atoms with Crippen LogP contribution in [0.5, 0.6) is 5.75 Å². The van der Waals surface area contributed by atoms with E-state index in [0.29, 0.717) is 17.9 Å². The summed E-state index contributed by atoms with van der Waals surface area (Å²) in [7, 11) is 0. The highest BCUT2D eigenvalue weighted by molar-refractivity contribution is 5.93. The van der Waals surface area contributed by atoms with Crippen LogP contribution in [0.4, 0.5) is 0 Å². The lowest BCUT2D eigenvalue weighted by Crippen LogP contribution is -2.26. The molecule has 0 radical (unpaired) electrons. The Labute approximate surface area is 282 Å². The van der Waals surface area contributed by atoms with Crippen molar-refractivity contribution in [3.8, 4) is 16.9 Å². The topological polar surface area (TPSA) is 78.9 Å². The lowest BCUT2D eigenvalue weighted by molar-refractivity contribution is -0.153. The Morgan fingerprint density at radius 1 is 0.553 bits per heavy atom. The number of unbranched alkanes of at least 4 members (excludes halogenated alkanes) is 12. The molecule has 1 atom stereocenters. The van der Waals surface area contributed by atoms with E-state index >= 15 is 0 Å². The predicted octanol–water partition coefficient (Wildman–Crippen LogP) is 10.7. The Morgan fingerprint density at radius 2 is 1.02 bits per heavy atom. The number of esters is 3. The Morgan fingerprint density at radius 3 is 1.60 bits per heavy atom. The van der Waals surface area contributed by atoms with E-state index in [-0.39, 0.29) is 5.56 Å². The molecule has 47 heavy (non-hydrogen) atoms. The number of rotatable bonds is 22.